The topological polar surface area (TPSA) is 27.7 Å². The lowest BCUT2D eigenvalue weighted by Crippen LogP contribution is -2.55. The summed E-state index contributed by atoms with van der Waals surface area (Å²) in [4.78, 5) is 0.214. The summed E-state index contributed by atoms with van der Waals surface area (Å²) in [6, 6.07) is 0. The van der Waals surface area contributed by atoms with Crippen molar-refractivity contribution >= 4 is 31.3 Å². The van der Waals surface area contributed by atoms with E-state index in [1.165, 1.54) is 10.8 Å². The molecule has 128 valence electrons. The van der Waals surface area contributed by atoms with Crippen molar-refractivity contribution in [2.45, 2.75) is 77.5 Å². The summed E-state index contributed by atoms with van der Waals surface area (Å²) in [5, 5.41) is 0. The maximum absolute atomic E-state index is 6.23. The molecule has 0 N–H and O–H groups in total. The maximum Gasteiger partial charge on any atom is 0.515 e. The summed E-state index contributed by atoms with van der Waals surface area (Å²) in [7, 11) is -1.12. The molecule has 0 saturated carbocycles. The summed E-state index contributed by atoms with van der Waals surface area (Å²) in [6.07, 6.45) is 7.49. The van der Waals surface area contributed by atoms with Crippen LogP contribution in [0.4, 0.5) is 0 Å². The summed E-state index contributed by atoms with van der Waals surface area (Å²) in [5.74, 6) is 0. The molecule has 0 heterocycles. The molecule has 0 fully saturated rings. The van der Waals surface area contributed by atoms with Crippen LogP contribution in [0.3, 0.4) is 0 Å². The number of hydrogen-bond acceptors (Lipinski definition) is 5. The molecule has 0 radical (unpaired) electrons. The third kappa shape index (κ3) is 8.86. The van der Waals surface area contributed by atoms with E-state index in [2.05, 4.69) is 39.4 Å². The molecule has 0 saturated heterocycles. The lowest BCUT2D eigenvalue weighted by Gasteiger charge is -2.34. The molecule has 3 nitrogen and oxygen atoms in total. The largest absolute Gasteiger partial charge is 0.515 e. The molecular formula is C15H34O3S2Si. The van der Waals surface area contributed by atoms with E-state index >= 15 is 0 Å². The van der Waals surface area contributed by atoms with Crippen LogP contribution in [0.1, 0.15) is 72.6 Å². The SMILES string of the molecule is CCCCO[Si](OCCCC)(OCCCC)C(CC)SS. The van der Waals surface area contributed by atoms with Crippen LogP contribution in [-0.4, -0.2) is 33.5 Å². The summed E-state index contributed by atoms with van der Waals surface area (Å²) in [5.41, 5.74) is 0. The van der Waals surface area contributed by atoms with Gasteiger partial charge in [-0.25, -0.2) is 0 Å². The van der Waals surface area contributed by atoms with Gasteiger partial charge in [-0.2, -0.15) is 0 Å². The van der Waals surface area contributed by atoms with Crippen molar-refractivity contribution in [2.24, 2.45) is 0 Å². The summed E-state index contributed by atoms with van der Waals surface area (Å²) in [6.45, 7) is 10.9. The van der Waals surface area contributed by atoms with E-state index < -0.39 is 8.80 Å². The molecule has 0 aliphatic heterocycles. The fraction of sp³-hybridized carbons (Fsp3) is 1.00. The van der Waals surface area contributed by atoms with Crippen molar-refractivity contribution in [2.75, 3.05) is 19.8 Å². The molecule has 0 aromatic heterocycles. The van der Waals surface area contributed by atoms with Crippen molar-refractivity contribution in [3.05, 3.63) is 0 Å². The van der Waals surface area contributed by atoms with Gasteiger partial charge in [-0.1, -0.05) is 57.8 Å². The van der Waals surface area contributed by atoms with Gasteiger partial charge < -0.3 is 13.3 Å². The number of hydrogen-bond donors (Lipinski definition) is 1. The zero-order chi connectivity index (χ0) is 16.0. The first-order valence-corrected chi connectivity index (χ1v) is 12.2. The molecule has 0 amide bonds. The zero-order valence-electron chi connectivity index (χ0n) is 14.2. The van der Waals surface area contributed by atoms with Gasteiger partial charge in [-0.3, -0.25) is 0 Å². The first-order chi connectivity index (χ1) is 10.2. The predicted molar refractivity (Wildman–Crippen MR) is 99.0 cm³/mol. The molecule has 0 rings (SSSR count). The average Bonchev–Trinajstić information content (AvgIpc) is 2.49. The monoisotopic (exact) mass is 354 g/mol. The Labute approximate surface area is 142 Å². The van der Waals surface area contributed by atoms with Crippen molar-refractivity contribution in [1.82, 2.24) is 0 Å². The van der Waals surface area contributed by atoms with E-state index in [4.69, 9.17) is 13.3 Å². The second-order valence-electron chi connectivity index (χ2n) is 5.21. The molecule has 1 atom stereocenters. The van der Waals surface area contributed by atoms with Gasteiger partial charge in [0.2, 0.25) is 0 Å². The van der Waals surface area contributed by atoms with Gasteiger partial charge in [0.05, 0.1) is 4.87 Å². The van der Waals surface area contributed by atoms with E-state index in [-0.39, 0.29) is 4.87 Å². The van der Waals surface area contributed by atoms with Crippen LogP contribution in [0, 0.1) is 0 Å². The minimum Gasteiger partial charge on any atom is -0.373 e. The van der Waals surface area contributed by atoms with Gasteiger partial charge in [-0.15, -0.1) is 11.7 Å². The minimum absolute atomic E-state index is 0.214. The molecule has 0 spiro atoms. The third-order valence-corrected chi connectivity index (χ3v) is 9.48. The highest BCUT2D eigenvalue weighted by Gasteiger charge is 2.49. The fourth-order valence-electron chi connectivity index (χ4n) is 1.87. The van der Waals surface area contributed by atoms with Gasteiger partial charge >= 0.3 is 8.80 Å². The Hall–Kier alpha value is 0.797. The maximum atomic E-state index is 6.23. The first kappa shape index (κ1) is 21.8. The molecular weight excluding hydrogens is 320 g/mol. The van der Waals surface area contributed by atoms with Gasteiger partial charge in [-0.05, 0) is 25.7 Å². The molecule has 6 heteroatoms. The highest BCUT2D eigenvalue weighted by atomic mass is 33.1. The van der Waals surface area contributed by atoms with E-state index in [0.29, 0.717) is 0 Å². The molecule has 21 heavy (non-hydrogen) atoms. The van der Waals surface area contributed by atoms with Crippen molar-refractivity contribution < 1.29 is 13.3 Å². The highest BCUT2D eigenvalue weighted by molar-refractivity contribution is 8.69. The van der Waals surface area contributed by atoms with E-state index in [1.807, 2.05) is 0 Å². The van der Waals surface area contributed by atoms with Crippen molar-refractivity contribution in [3.63, 3.8) is 0 Å². The summed E-state index contributed by atoms with van der Waals surface area (Å²) < 4.78 is 18.7. The second-order valence-corrected chi connectivity index (χ2v) is 9.81. The summed E-state index contributed by atoms with van der Waals surface area (Å²) >= 11 is 4.44. The van der Waals surface area contributed by atoms with Crippen LogP contribution in [0.25, 0.3) is 0 Å². The van der Waals surface area contributed by atoms with Gasteiger partial charge in [0.15, 0.2) is 0 Å². The Bertz CT molecular complexity index is 202. The van der Waals surface area contributed by atoms with Crippen molar-refractivity contribution in [1.29, 1.82) is 0 Å². The second kappa shape index (κ2) is 14.4. The fourth-order valence-corrected chi connectivity index (χ4v) is 7.35. The molecule has 0 aliphatic carbocycles. The number of thiol groups is 1. The first-order valence-electron chi connectivity index (χ1n) is 8.42. The Morgan fingerprint density at radius 3 is 1.43 bits per heavy atom. The standard InChI is InChI=1S/C15H34O3S2Si/c1-5-9-12-16-21(15(8-4)20-19,17-13-10-6-2)18-14-11-7-3/h15,19H,5-14H2,1-4H3. The quantitative estimate of drug-likeness (QED) is 0.188. The van der Waals surface area contributed by atoms with Crippen LogP contribution in [-0.2, 0) is 13.3 Å². The molecule has 0 aliphatic rings. The van der Waals surface area contributed by atoms with E-state index in [9.17, 15) is 0 Å². The van der Waals surface area contributed by atoms with Crippen LogP contribution >= 0.6 is 22.5 Å². The lowest BCUT2D eigenvalue weighted by molar-refractivity contribution is 0.0544. The van der Waals surface area contributed by atoms with E-state index in [0.717, 1.165) is 64.8 Å². The Kier molecular flexibility index (Phi) is 14.9. The number of rotatable bonds is 15. The van der Waals surface area contributed by atoms with Gasteiger partial charge in [0.1, 0.15) is 0 Å². The predicted octanol–water partition coefficient (Wildman–Crippen LogP) is 5.27. The van der Waals surface area contributed by atoms with Crippen LogP contribution in [0.15, 0.2) is 0 Å². The normalized spacial score (nSPS) is 13.6. The van der Waals surface area contributed by atoms with E-state index in [1.54, 1.807) is 0 Å². The Morgan fingerprint density at radius 2 is 1.19 bits per heavy atom. The molecule has 0 aromatic carbocycles. The highest BCUT2D eigenvalue weighted by Crippen LogP contribution is 2.31. The van der Waals surface area contributed by atoms with Gasteiger partial charge in [0, 0.05) is 19.8 Å². The Balaban J connectivity index is 4.85. The minimum atomic E-state index is -2.65. The molecule has 0 aromatic rings. The van der Waals surface area contributed by atoms with Crippen molar-refractivity contribution in [3.8, 4) is 0 Å². The average molecular weight is 355 g/mol. The smallest absolute Gasteiger partial charge is 0.373 e. The Morgan fingerprint density at radius 1 is 0.810 bits per heavy atom. The number of unbranched alkanes of at least 4 members (excludes halogenated alkanes) is 3. The molecule has 1 unspecified atom stereocenters. The van der Waals surface area contributed by atoms with Gasteiger partial charge in [0.25, 0.3) is 0 Å². The van der Waals surface area contributed by atoms with Crippen LogP contribution in [0.2, 0.25) is 0 Å². The lowest BCUT2D eigenvalue weighted by atomic mass is 10.4. The van der Waals surface area contributed by atoms with Crippen LogP contribution in [0.5, 0.6) is 0 Å². The van der Waals surface area contributed by atoms with Crippen LogP contribution < -0.4 is 0 Å². The third-order valence-electron chi connectivity index (χ3n) is 3.30. The molecule has 0 bridgehead atoms. The zero-order valence-corrected chi connectivity index (χ0v) is 16.9.